The van der Waals surface area contributed by atoms with Crippen molar-refractivity contribution in [2.45, 2.75) is 26.4 Å². The summed E-state index contributed by atoms with van der Waals surface area (Å²) in [4.78, 5) is 9.60. The first-order valence-corrected chi connectivity index (χ1v) is 3.59. The Hall–Kier alpha value is -0.870. The molecule has 0 aliphatic carbocycles. The summed E-state index contributed by atoms with van der Waals surface area (Å²) in [7, 11) is 0. The molecule has 0 aliphatic rings. The first-order valence-electron chi connectivity index (χ1n) is 3.59. The van der Waals surface area contributed by atoms with Gasteiger partial charge in [-0.2, -0.15) is 0 Å². The Morgan fingerprint density at radius 2 is 1.92 bits per heavy atom. The zero-order valence-corrected chi connectivity index (χ0v) is 7.45. The number of rotatable bonds is 3. The highest BCUT2D eigenvalue weighted by molar-refractivity contribution is 5.84. The van der Waals surface area contributed by atoms with E-state index in [0.29, 0.717) is 6.42 Å². The van der Waals surface area contributed by atoms with E-state index in [9.17, 15) is 4.79 Å². The third kappa shape index (κ3) is 16.1. The molecule has 0 aromatic heterocycles. The van der Waals surface area contributed by atoms with Gasteiger partial charge in [-0.1, -0.05) is 6.58 Å². The molecule has 4 nitrogen and oxygen atoms in total. The molecule has 0 aromatic rings. The highest BCUT2D eigenvalue weighted by atomic mass is 16.4. The number of carbonyl (C=O) groups is 1. The standard InChI is InChI=1S/C4H10O2.C4H6O2/c1-4(6)2-3-5;1-3(2)4(5)6/h4-6H,2-3H2,1H3;1H2,2H3,(H,5,6). The van der Waals surface area contributed by atoms with Crippen LogP contribution in [0.3, 0.4) is 0 Å². The number of aliphatic hydroxyl groups is 2. The molecule has 0 rings (SSSR count). The predicted molar refractivity (Wildman–Crippen MR) is 45.8 cm³/mol. The second-order valence-corrected chi connectivity index (χ2v) is 2.45. The highest BCUT2D eigenvalue weighted by Gasteiger charge is 1.90. The number of hydrogen-bond donors (Lipinski definition) is 3. The van der Waals surface area contributed by atoms with E-state index in [1.54, 1.807) is 6.92 Å². The highest BCUT2D eigenvalue weighted by Crippen LogP contribution is 1.83. The lowest BCUT2D eigenvalue weighted by Crippen LogP contribution is -2.00. The van der Waals surface area contributed by atoms with Gasteiger partial charge in [0.15, 0.2) is 0 Å². The summed E-state index contributed by atoms with van der Waals surface area (Å²) >= 11 is 0. The van der Waals surface area contributed by atoms with E-state index < -0.39 is 5.97 Å². The van der Waals surface area contributed by atoms with Crippen LogP contribution < -0.4 is 0 Å². The van der Waals surface area contributed by atoms with E-state index in [0.717, 1.165) is 0 Å². The molecule has 72 valence electrons. The van der Waals surface area contributed by atoms with Crippen molar-refractivity contribution in [3.63, 3.8) is 0 Å². The largest absolute Gasteiger partial charge is 0.478 e. The molecule has 0 aliphatic heterocycles. The van der Waals surface area contributed by atoms with Gasteiger partial charge in [-0.05, 0) is 20.3 Å². The maximum absolute atomic E-state index is 9.60. The second kappa shape index (κ2) is 8.23. The molecule has 0 saturated heterocycles. The van der Waals surface area contributed by atoms with Crippen LogP contribution >= 0.6 is 0 Å². The molecular formula is C8H16O4. The van der Waals surface area contributed by atoms with Crippen LogP contribution in [0, 0.1) is 0 Å². The molecular weight excluding hydrogens is 160 g/mol. The van der Waals surface area contributed by atoms with Crippen LogP contribution in [0.5, 0.6) is 0 Å². The maximum atomic E-state index is 9.60. The summed E-state index contributed by atoms with van der Waals surface area (Å²) in [5, 5.41) is 24.4. The number of carboxylic acid groups (broad SMARTS) is 1. The molecule has 0 fully saturated rings. The van der Waals surface area contributed by atoms with Crippen molar-refractivity contribution in [3.8, 4) is 0 Å². The zero-order valence-electron chi connectivity index (χ0n) is 7.45. The molecule has 4 heteroatoms. The predicted octanol–water partition coefficient (Wildman–Crippen LogP) is 0.397. The van der Waals surface area contributed by atoms with E-state index in [4.69, 9.17) is 15.3 Å². The van der Waals surface area contributed by atoms with Gasteiger partial charge < -0.3 is 15.3 Å². The zero-order chi connectivity index (χ0) is 10.1. The lowest BCUT2D eigenvalue weighted by Gasteiger charge is -1.95. The second-order valence-electron chi connectivity index (χ2n) is 2.45. The van der Waals surface area contributed by atoms with E-state index >= 15 is 0 Å². The van der Waals surface area contributed by atoms with Crippen molar-refractivity contribution < 1.29 is 20.1 Å². The lowest BCUT2D eigenvalue weighted by molar-refractivity contribution is -0.132. The normalized spacial score (nSPS) is 11.0. The Kier molecular flexibility index (Phi) is 9.40. The van der Waals surface area contributed by atoms with E-state index in [-0.39, 0.29) is 18.3 Å². The molecule has 0 amide bonds. The fourth-order valence-corrected chi connectivity index (χ4v) is 0.187. The van der Waals surface area contributed by atoms with Crippen LogP contribution in [0.15, 0.2) is 12.2 Å². The lowest BCUT2D eigenvalue weighted by atomic mass is 10.3. The van der Waals surface area contributed by atoms with E-state index in [2.05, 4.69) is 6.58 Å². The van der Waals surface area contributed by atoms with Gasteiger partial charge >= 0.3 is 5.97 Å². The summed E-state index contributed by atoms with van der Waals surface area (Å²) in [5.41, 5.74) is 0.176. The molecule has 0 radical (unpaired) electrons. The Morgan fingerprint density at radius 1 is 1.58 bits per heavy atom. The van der Waals surface area contributed by atoms with Crippen molar-refractivity contribution in [3.05, 3.63) is 12.2 Å². The van der Waals surface area contributed by atoms with Crippen LogP contribution in [0.4, 0.5) is 0 Å². The molecule has 12 heavy (non-hydrogen) atoms. The minimum Gasteiger partial charge on any atom is -0.478 e. The van der Waals surface area contributed by atoms with Gasteiger partial charge in [0, 0.05) is 12.2 Å². The summed E-state index contributed by atoms with van der Waals surface area (Å²) in [6.07, 6.45) is 0.134. The summed E-state index contributed by atoms with van der Waals surface area (Å²) in [5.74, 6) is -0.935. The van der Waals surface area contributed by atoms with Crippen molar-refractivity contribution in [2.24, 2.45) is 0 Å². The van der Waals surface area contributed by atoms with Crippen LogP contribution in [0.1, 0.15) is 20.3 Å². The van der Waals surface area contributed by atoms with Gasteiger partial charge in [-0.3, -0.25) is 0 Å². The number of aliphatic carboxylic acids is 1. The van der Waals surface area contributed by atoms with Gasteiger partial charge in [0.05, 0.1) is 6.10 Å². The quantitative estimate of drug-likeness (QED) is 0.544. The van der Waals surface area contributed by atoms with E-state index in [1.807, 2.05) is 0 Å². The fourth-order valence-electron chi connectivity index (χ4n) is 0.187. The van der Waals surface area contributed by atoms with E-state index in [1.165, 1.54) is 6.92 Å². The number of hydrogen-bond acceptors (Lipinski definition) is 3. The van der Waals surface area contributed by atoms with Crippen molar-refractivity contribution >= 4 is 5.97 Å². The molecule has 0 bridgehead atoms. The van der Waals surface area contributed by atoms with Gasteiger partial charge in [0.2, 0.25) is 0 Å². The topological polar surface area (TPSA) is 77.8 Å². The fraction of sp³-hybridized carbons (Fsp3) is 0.625. The molecule has 1 unspecified atom stereocenters. The number of carboxylic acids is 1. The molecule has 3 N–H and O–H groups in total. The smallest absolute Gasteiger partial charge is 0.330 e. The van der Waals surface area contributed by atoms with Crippen molar-refractivity contribution in [1.29, 1.82) is 0 Å². The van der Waals surface area contributed by atoms with Gasteiger partial charge in [0.1, 0.15) is 0 Å². The average Bonchev–Trinajstić information content (AvgIpc) is 1.87. The van der Waals surface area contributed by atoms with Gasteiger partial charge in [-0.15, -0.1) is 0 Å². The third-order valence-electron chi connectivity index (χ3n) is 0.912. The summed E-state index contributed by atoms with van der Waals surface area (Å²) < 4.78 is 0. The van der Waals surface area contributed by atoms with Gasteiger partial charge in [-0.25, -0.2) is 4.79 Å². The molecule has 0 heterocycles. The molecule has 0 saturated carbocycles. The van der Waals surface area contributed by atoms with Crippen molar-refractivity contribution in [2.75, 3.05) is 6.61 Å². The average molecular weight is 176 g/mol. The van der Waals surface area contributed by atoms with Crippen LogP contribution in [-0.4, -0.2) is 34.0 Å². The van der Waals surface area contributed by atoms with Crippen molar-refractivity contribution in [1.82, 2.24) is 0 Å². The Morgan fingerprint density at radius 3 is 1.92 bits per heavy atom. The van der Waals surface area contributed by atoms with Crippen LogP contribution in [-0.2, 0) is 4.79 Å². The first kappa shape index (κ1) is 13.7. The molecule has 1 atom stereocenters. The number of aliphatic hydroxyl groups excluding tert-OH is 2. The monoisotopic (exact) mass is 176 g/mol. The SMILES string of the molecule is C=C(C)C(=O)O.CC(O)CCO. The third-order valence-corrected chi connectivity index (χ3v) is 0.912. The molecule has 0 spiro atoms. The Labute approximate surface area is 72.2 Å². The first-order chi connectivity index (χ1) is 5.41. The Bertz CT molecular complexity index is 128. The molecule has 0 aromatic carbocycles. The minimum atomic E-state index is -0.935. The Balaban J connectivity index is 0. The van der Waals surface area contributed by atoms with Gasteiger partial charge in [0.25, 0.3) is 0 Å². The summed E-state index contributed by atoms with van der Waals surface area (Å²) in [6.45, 7) is 6.33. The minimum absolute atomic E-state index is 0.0810. The maximum Gasteiger partial charge on any atom is 0.330 e. The summed E-state index contributed by atoms with van der Waals surface area (Å²) in [6, 6.07) is 0. The van der Waals surface area contributed by atoms with Crippen LogP contribution in [0.25, 0.3) is 0 Å². The van der Waals surface area contributed by atoms with Crippen LogP contribution in [0.2, 0.25) is 0 Å².